The molecule has 0 saturated heterocycles. The SMILES string of the molecule is O=C(Nc1ccc(OC(F)(F)F)cc1)c1cn(-c2ccccc2)nc1-c1cccnc1. The summed E-state index contributed by atoms with van der Waals surface area (Å²) in [5.41, 5.74) is 2.43. The van der Waals surface area contributed by atoms with Crippen molar-refractivity contribution in [1.29, 1.82) is 0 Å². The van der Waals surface area contributed by atoms with Crippen LogP contribution in [-0.2, 0) is 0 Å². The van der Waals surface area contributed by atoms with Crippen LogP contribution < -0.4 is 10.1 Å². The number of carbonyl (C=O) groups is 1. The fraction of sp³-hybridized carbons (Fsp3) is 0.0455. The van der Waals surface area contributed by atoms with Crippen molar-refractivity contribution in [2.24, 2.45) is 0 Å². The Labute approximate surface area is 174 Å². The third-order valence-electron chi connectivity index (χ3n) is 4.26. The summed E-state index contributed by atoms with van der Waals surface area (Å²) in [6.45, 7) is 0. The first kappa shape index (κ1) is 20.1. The van der Waals surface area contributed by atoms with E-state index in [1.165, 1.54) is 12.1 Å². The van der Waals surface area contributed by atoms with Crippen LogP contribution in [0, 0.1) is 0 Å². The predicted octanol–water partition coefficient (Wildman–Crippen LogP) is 5.09. The number of hydrogen-bond donors (Lipinski definition) is 1. The topological polar surface area (TPSA) is 69.0 Å². The lowest BCUT2D eigenvalue weighted by atomic mass is 10.1. The van der Waals surface area contributed by atoms with Gasteiger partial charge in [-0.15, -0.1) is 13.2 Å². The molecule has 1 amide bonds. The maximum atomic E-state index is 13.0. The molecule has 1 N–H and O–H groups in total. The summed E-state index contributed by atoms with van der Waals surface area (Å²) in [5.74, 6) is -0.844. The molecule has 2 aromatic heterocycles. The Bertz CT molecular complexity index is 1180. The number of nitrogens with zero attached hydrogens (tertiary/aromatic N) is 3. The first-order valence-electron chi connectivity index (χ1n) is 9.12. The number of pyridine rings is 1. The molecule has 31 heavy (non-hydrogen) atoms. The number of nitrogens with one attached hydrogen (secondary N) is 1. The Balaban J connectivity index is 1.63. The molecule has 4 aromatic rings. The van der Waals surface area contributed by atoms with Gasteiger partial charge in [-0.05, 0) is 48.5 Å². The van der Waals surface area contributed by atoms with Crippen molar-refractivity contribution in [3.63, 3.8) is 0 Å². The molecule has 0 fully saturated rings. The van der Waals surface area contributed by atoms with Gasteiger partial charge in [0.2, 0.25) is 0 Å². The van der Waals surface area contributed by atoms with Gasteiger partial charge in [0.15, 0.2) is 0 Å². The maximum absolute atomic E-state index is 13.0. The fourth-order valence-corrected chi connectivity index (χ4v) is 2.91. The van der Waals surface area contributed by atoms with Gasteiger partial charge in [0, 0.05) is 29.8 Å². The normalized spacial score (nSPS) is 11.2. The number of rotatable bonds is 5. The molecule has 0 spiro atoms. The zero-order valence-electron chi connectivity index (χ0n) is 15.9. The molecule has 0 radical (unpaired) electrons. The predicted molar refractivity (Wildman–Crippen MR) is 108 cm³/mol. The lowest BCUT2D eigenvalue weighted by Gasteiger charge is -2.10. The molecule has 0 atom stereocenters. The zero-order valence-corrected chi connectivity index (χ0v) is 15.9. The summed E-state index contributed by atoms with van der Waals surface area (Å²) in [7, 11) is 0. The van der Waals surface area contributed by atoms with Crippen molar-refractivity contribution in [1.82, 2.24) is 14.8 Å². The molecule has 0 saturated carbocycles. The second kappa shape index (κ2) is 8.31. The number of anilines is 1. The highest BCUT2D eigenvalue weighted by Gasteiger charge is 2.31. The summed E-state index contributed by atoms with van der Waals surface area (Å²) in [4.78, 5) is 17.1. The fourth-order valence-electron chi connectivity index (χ4n) is 2.91. The molecule has 156 valence electrons. The molecule has 4 rings (SSSR count). The summed E-state index contributed by atoms with van der Waals surface area (Å²) in [6.07, 6.45) is 0.0171. The highest BCUT2D eigenvalue weighted by Crippen LogP contribution is 2.26. The minimum absolute atomic E-state index is 0.285. The summed E-state index contributed by atoms with van der Waals surface area (Å²) in [5, 5.41) is 7.21. The van der Waals surface area contributed by atoms with Crippen molar-refractivity contribution in [3.05, 3.63) is 90.9 Å². The van der Waals surface area contributed by atoms with Gasteiger partial charge < -0.3 is 10.1 Å². The summed E-state index contributed by atoms with van der Waals surface area (Å²) < 4.78 is 42.4. The van der Waals surface area contributed by atoms with Crippen molar-refractivity contribution >= 4 is 11.6 Å². The van der Waals surface area contributed by atoms with Crippen LogP contribution in [0.1, 0.15) is 10.4 Å². The van der Waals surface area contributed by atoms with Gasteiger partial charge in [-0.1, -0.05) is 18.2 Å². The third kappa shape index (κ3) is 4.89. The van der Waals surface area contributed by atoms with Crippen molar-refractivity contribution in [3.8, 4) is 22.7 Å². The van der Waals surface area contributed by atoms with Crippen LogP contribution in [0.25, 0.3) is 16.9 Å². The number of aromatic nitrogens is 3. The Kier molecular flexibility index (Phi) is 5.40. The van der Waals surface area contributed by atoms with E-state index in [1.807, 2.05) is 30.3 Å². The summed E-state index contributed by atoms with van der Waals surface area (Å²) in [6, 6.07) is 17.7. The van der Waals surface area contributed by atoms with Gasteiger partial charge in [0.1, 0.15) is 11.4 Å². The molecule has 2 aromatic carbocycles. The van der Waals surface area contributed by atoms with Crippen LogP contribution in [0.15, 0.2) is 85.3 Å². The van der Waals surface area contributed by atoms with E-state index in [-0.39, 0.29) is 11.3 Å². The zero-order chi connectivity index (χ0) is 21.8. The minimum atomic E-state index is -4.78. The quantitative estimate of drug-likeness (QED) is 0.485. The Morgan fingerprint density at radius 1 is 0.968 bits per heavy atom. The summed E-state index contributed by atoms with van der Waals surface area (Å²) >= 11 is 0. The third-order valence-corrected chi connectivity index (χ3v) is 4.26. The van der Waals surface area contributed by atoms with Crippen LogP contribution >= 0.6 is 0 Å². The number of benzene rings is 2. The first-order valence-corrected chi connectivity index (χ1v) is 9.12. The number of hydrogen-bond acceptors (Lipinski definition) is 4. The van der Waals surface area contributed by atoms with Crippen LogP contribution in [0.2, 0.25) is 0 Å². The molecule has 0 aliphatic carbocycles. The van der Waals surface area contributed by atoms with E-state index in [9.17, 15) is 18.0 Å². The van der Waals surface area contributed by atoms with E-state index in [2.05, 4.69) is 20.1 Å². The van der Waals surface area contributed by atoms with Crippen LogP contribution in [0.4, 0.5) is 18.9 Å². The van der Waals surface area contributed by atoms with Crippen molar-refractivity contribution < 1.29 is 22.7 Å². The lowest BCUT2D eigenvalue weighted by molar-refractivity contribution is -0.274. The molecule has 0 aliphatic rings. The highest BCUT2D eigenvalue weighted by atomic mass is 19.4. The molecule has 0 aliphatic heterocycles. The van der Waals surface area contributed by atoms with Gasteiger partial charge >= 0.3 is 6.36 Å². The average Bonchev–Trinajstić information content (AvgIpc) is 3.21. The minimum Gasteiger partial charge on any atom is -0.406 e. The molecule has 0 unspecified atom stereocenters. The smallest absolute Gasteiger partial charge is 0.406 e. The number of carbonyl (C=O) groups excluding carboxylic acids is 1. The highest BCUT2D eigenvalue weighted by molar-refractivity contribution is 6.08. The van der Waals surface area contributed by atoms with Gasteiger partial charge in [-0.2, -0.15) is 5.10 Å². The number of amides is 1. The van der Waals surface area contributed by atoms with Crippen molar-refractivity contribution in [2.75, 3.05) is 5.32 Å². The van der Waals surface area contributed by atoms with E-state index in [0.29, 0.717) is 16.9 Å². The monoisotopic (exact) mass is 424 g/mol. The van der Waals surface area contributed by atoms with Gasteiger partial charge in [0.25, 0.3) is 5.91 Å². The lowest BCUT2D eigenvalue weighted by Crippen LogP contribution is -2.17. The molecule has 6 nitrogen and oxygen atoms in total. The van der Waals surface area contributed by atoms with E-state index in [1.54, 1.807) is 35.4 Å². The largest absolute Gasteiger partial charge is 0.573 e. The number of para-hydroxylation sites is 1. The van der Waals surface area contributed by atoms with Crippen molar-refractivity contribution in [2.45, 2.75) is 6.36 Å². The number of ether oxygens (including phenoxy) is 1. The number of halogens is 3. The second-order valence-electron chi connectivity index (χ2n) is 6.44. The van der Waals surface area contributed by atoms with E-state index in [4.69, 9.17) is 0 Å². The number of alkyl halides is 3. The first-order chi connectivity index (χ1) is 14.9. The average molecular weight is 424 g/mol. The van der Waals surface area contributed by atoms with Gasteiger partial charge in [-0.3, -0.25) is 9.78 Å². The van der Waals surface area contributed by atoms with E-state index in [0.717, 1.165) is 17.8 Å². The molecular weight excluding hydrogens is 409 g/mol. The van der Waals surface area contributed by atoms with Crippen LogP contribution in [0.5, 0.6) is 5.75 Å². The molecule has 9 heteroatoms. The van der Waals surface area contributed by atoms with Gasteiger partial charge in [0.05, 0.1) is 11.3 Å². The van der Waals surface area contributed by atoms with Gasteiger partial charge in [-0.25, -0.2) is 4.68 Å². The van der Waals surface area contributed by atoms with E-state index < -0.39 is 12.3 Å². The van der Waals surface area contributed by atoms with Crippen LogP contribution in [0.3, 0.4) is 0 Å². The Morgan fingerprint density at radius 2 is 1.71 bits per heavy atom. The Hall–Kier alpha value is -4.14. The standard InChI is InChI=1S/C22H15F3N4O2/c23-22(24,25)31-18-10-8-16(9-11-18)27-21(30)19-14-29(17-6-2-1-3-7-17)28-20(19)15-5-4-12-26-13-15/h1-14H,(H,27,30). The maximum Gasteiger partial charge on any atom is 0.573 e. The Morgan fingerprint density at radius 3 is 2.35 bits per heavy atom. The molecule has 0 bridgehead atoms. The second-order valence-corrected chi connectivity index (χ2v) is 6.44. The van der Waals surface area contributed by atoms with Crippen LogP contribution in [-0.4, -0.2) is 27.0 Å². The molecular formula is C22H15F3N4O2. The molecule has 2 heterocycles. The van der Waals surface area contributed by atoms with E-state index >= 15 is 0 Å².